The molecule has 98 valence electrons. The summed E-state index contributed by atoms with van der Waals surface area (Å²) in [4.78, 5) is 18.6. The molecule has 0 unspecified atom stereocenters. The van der Waals surface area contributed by atoms with Crippen molar-refractivity contribution in [2.45, 2.75) is 0 Å². The van der Waals surface area contributed by atoms with Gasteiger partial charge in [0.25, 0.3) is 0 Å². The zero-order valence-corrected chi connectivity index (χ0v) is 10.2. The lowest BCUT2D eigenvalue weighted by molar-refractivity contribution is -0.139. The molecular formula is C13H12N2O4. The lowest BCUT2D eigenvalue weighted by Gasteiger charge is -2.07. The molecule has 1 N–H and O–H groups in total. The van der Waals surface area contributed by atoms with Gasteiger partial charge in [-0.1, -0.05) is 12.1 Å². The average Bonchev–Trinajstić information content (AvgIpc) is 2.45. The van der Waals surface area contributed by atoms with E-state index in [1.165, 1.54) is 12.4 Å². The van der Waals surface area contributed by atoms with Crippen molar-refractivity contribution in [2.75, 3.05) is 13.7 Å². The summed E-state index contributed by atoms with van der Waals surface area (Å²) in [7, 11) is 1.57. The molecule has 0 radical (unpaired) electrons. The maximum absolute atomic E-state index is 10.4. The first kappa shape index (κ1) is 12.8. The number of aromatic nitrogens is 2. The number of hydrogen-bond acceptors (Lipinski definition) is 5. The fourth-order valence-corrected chi connectivity index (χ4v) is 1.50. The van der Waals surface area contributed by atoms with E-state index in [9.17, 15) is 4.79 Å². The molecule has 1 heterocycles. The van der Waals surface area contributed by atoms with E-state index in [0.717, 1.165) is 5.56 Å². The molecule has 1 aromatic heterocycles. The van der Waals surface area contributed by atoms with E-state index in [1.54, 1.807) is 7.11 Å². The standard InChI is InChI=1S/C13H12N2O4/c1-18-11-5-3-2-4-10(11)13-14-6-9(7-15-13)19-8-12(16)17/h2-7H,8H2,1H3,(H,16,17). The van der Waals surface area contributed by atoms with Gasteiger partial charge in [-0.05, 0) is 12.1 Å². The van der Waals surface area contributed by atoms with Gasteiger partial charge in [-0.25, -0.2) is 14.8 Å². The topological polar surface area (TPSA) is 81.5 Å². The van der Waals surface area contributed by atoms with Gasteiger partial charge in [0.15, 0.2) is 18.2 Å². The van der Waals surface area contributed by atoms with Crippen LogP contribution in [0.25, 0.3) is 11.4 Å². The fourth-order valence-electron chi connectivity index (χ4n) is 1.50. The van der Waals surface area contributed by atoms with E-state index < -0.39 is 12.6 Å². The second kappa shape index (κ2) is 5.81. The quantitative estimate of drug-likeness (QED) is 0.879. The van der Waals surface area contributed by atoms with Crippen LogP contribution in [0.2, 0.25) is 0 Å². The van der Waals surface area contributed by atoms with E-state index in [-0.39, 0.29) is 0 Å². The van der Waals surface area contributed by atoms with Crippen molar-refractivity contribution in [3.63, 3.8) is 0 Å². The van der Waals surface area contributed by atoms with Crippen LogP contribution in [0, 0.1) is 0 Å². The minimum absolute atomic E-state index is 0.307. The Hall–Kier alpha value is -2.63. The van der Waals surface area contributed by atoms with E-state index in [1.807, 2.05) is 24.3 Å². The Morgan fingerprint density at radius 1 is 1.26 bits per heavy atom. The van der Waals surface area contributed by atoms with Crippen LogP contribution in [-0.2, 0) is 4.79 Å². The van der Waals surface area contributed by atoms with E-state index >= 15 is 0 Å². The Kier molecular flexibility index (Phi) is 3.92. The van der Waals surface area contributed by atoms with Crippen molar-refractivity contribution in [3.8, 4) is 22.9 Å². The highest BCUT2D eigenvalue weighted by Gasteiger charge is 2.08. The van der Waals surface area contributed by atoms with Gasteiger partial charge in [0.05, 0.1) is 25.1 Å². The maximum Gasteiger partial charge on any atom is 0.341 e. The Morgan fingerprint density at radius 3 is 2.58 bits per heavy atom. The molecule has 2 aromatic rings. The summed E-state index contributed by atoms with van der Waals surface area (Å²) in [5, 5.41) is 8.49. The summed E-state index contributed by atoms with van der Waals surface area (Å²) >= 11 is 0. The summed E-state index contributed by atoms with van der Waals surface area (Å²) in [6, 6.07) is 7.36. The van der Waals surface area contributed by atoms with Crippen LogP contribution < -0.4 is 9.47 Å². The van der Waals surface area contributed by atoms with E-state index in [0.29, 0.717) is 17.3 Å². The SMILES string of the molecule is COc1ccccc1-c1ncc(OCC(=O)O)cn1. The van der Waals surface area contributed by atoms with E-state index in [4.69, 9.17) is 14.6 Å². The van der Waals surface area contributed by atoms with Gasteiger partial charge in [0.1, 0.15) is 5.75 Å². The van der Waals surface area contributed by atoms with Gasteiger partial charge in [0, 0.05) is 0 Å². The van der Waals surface area contributed by atoms with Gasteiger partial charge in [0.2, 0.25) is 0 Å². The Balaban J connectivity index is 2.20. The summed E-state index contributed by atoms with van der Waals surface area (Å²) in [6.45, 7) is -0.419. The van der Waals surface area contributed by atoms with E-state index in [2.05, 4.69) is 9.97 Å². The minimum atomic E-state index is -1.05. The van der Waals surface area contributed by atoms with Gasteiger partial charge in [-0.3, -0.25) is 0 Å². The second-order valence-corrected chi connectivity index (χ2v) is 3.63. The molecule has 0 bridgehead atoms. The second-order valence-electron chi connectivity index (χ2n) is 3.63. The van der Waals surface area contributed by atoms with Crippen LogP contribution in [0.1, 0.15) is 0 Å². The van der Waals surface area contributed by atoms with Crippen molar-refractivity contribution < 1.29 is 19.4 Å². The highest BCUT2D eigenvalue weighted by atomic mass is 16.5. The van der Waals surface area contributed by atoms with Crippen LogP contribution in [0.15, 0.2) is 36.7 Å². The summed E-state index contributed by atoms with van der Waals surface area (Å²) in [5.41, 5.74) is 0.759. The van der Waals surface area contributed by atoms with Crippen LogP contribution in [-0.4, -0.2) is 34.8 Å². The van der Waals surface area contributed by atoms with Crippen molar-refractivity contribution in [2.24, 2.45) is 0 Å². The smallest absolute Gasteiger partial charge is 0.341 e. The first-order chi connectivity index (χ1) is 9.20. The first-order valence-corrected chi connectivity index (χ1v) is 5.50. The molecule has 1 aromatic carbocycles. The number of carboxylic acids is 1. The number of methoxy groups -OCH3 is 1. The molecule has 0 saturated heterocycles. The summed E-state index contributed by atoms with van der Waals surface area (Å²) < 4.78 is 10.2. The Labute approximate surface area is 109 Å². The highest BCUT2D eigenvalue weighted by molar-refractivity contribution is 5.68. The number of carbonyl (C=O) groups is 1. The number of aliphatic carboxylic acids is 1. The lowest BCUT2D eigenvalue weighted by Crippen LogP contribution is -2.09. The van der Waals surface area contributed by atoms with Crippen LogP contribution >= 0.6 is 0 Å². The monoisotopic (exact) mass is 260 g/mol. The molecule has 0 fully saturated rings. The zero-order chi connectivity index (χ0) is 13.7. The predicted octanol–water partition coefficient (Wildman–Crippen LogP) is 1.62. The van der Waals surface area contributed by atoms with Gasteiger partial charge >= 0.3 is 5.97 Å². The Morgan fingerprint density at radius 2 is 1.95 bits per heavy atom. The molecule has 0 saturated carbocycles. The maximum atomic E-state index is 10.4. The van der Waals surface area contributed by atoms with Crippen molar-refractivity contribution in [1.29, 1.82) is 0 Å². The molecule has 0 spiro atoms. The number of benzene rings is 1. The van der Waals surface area contributed by atoms with Gasteiger partial charge < -0.3 is 14.6 Å². The summed E-state index contributed by atoms with van der Waals surface area (Å²) in [6.07, 6.45) is 2.86. The van der Waals surface area contributed by atoms with Gasteiger partial charge in [-0.2, -0.15) is 0 Å². The molecule has 0 aliphatic heterocycles. The molecule has 0 atom stereocenters. The molecule has 2 rings (SSSR count). The number of nitrogens with zero attached hydrogens (tertiary/aromatic N) is 2. The van der Waals surface area contributed by atoms with Crippen molar-refractivity contribution >= 4 is 5.97 Å². The average molecular weight is 260 g/mol. The molecular weight excluding hydrogens is 248 g/mol. The lowest BCUT2D eigenvalue weighted by atomic mass is 10.2. The molecule has 6 nitrogen and oxygen atoms in total. The van der Waals surface area contributed by atoms with Crippen molar-refractivity contribution in [3.05, 3.63) is 36.7 Å². The number of ether oxygens (including phenoxy) is 2. The van der Waals surface area contributed by atoms with Crippen LogP contribution in [0.3, 0.4) is 0 Å². The normalized spacial score (nSPS) is 9.95. The first-order valence-electron chi connectivity index (χ1n) is 5.50. The molecule has 0 amide bonds. The molecule has 0 aliphatic rings. The number of carboxylic acid groups (broad SMARTS) is 1. The molecule has 0 aliphatic carbocycles. The van der Waals surface area contributed by atoms with Crippen molar-refractivity contribution in [1.82, 2.24) is 9.97 Å². The number of para-hydroxylation sites is 1. The van der Waals surface area contributed by atoms with Gasteiger partial charge in [-0.15, -0.1) is 0 Å². The Bertz CT molecular complexity index is 569. The highest BCUT2D eigenvalue weighted by Crippen LogP contribution is 2.26. The third-order valence-corrected chi connectivity index (χ3v) is 2.34. The molecule has 6 heteroatoms. The third-order valence-electron chi connectivity index (χ3n) is 2.34. The fraction of sp³-hybridized carbons (Fsp3) is 0.154. The number of hydrogen-bond donors (Lipinski definition) is 1. The minimum Gasteiger partial charge on any atom is -0.496 e. The number of rotatable bonds is 5. The summed E-state index contributed by atoms with van der Waals surface area (Å²) in [5.74, 6) is 0.414. The van der Waals surface area contributed by atoms with Crippen LogP contribution in [0.4, 0.5) is 0 Å². The third kappa shape index (κ3) is 3.19. The molecule has 19 heavy (non-hydrogen) atoms. The largest absolute Gasteiger partial charge is 0.496 e. The van der Waals surface area contributed by atoms with Crippen LogP contribution in [0.5, 0.6) is 11.5 Å². The zero-order valence-electron chi connectivity index (χ0n) is 10.2. The predicted molar refractivity (Wildman–Crippen MR) is 67.2 cm³/mol.